The van der Waals surface area contributed by atoms with Gasteiger partial charge in [-0.15, -0.1) is 0 Å². The number of hydrogen-bond acceptors (Lipinski definition) is 3. The molecule has 0 aromatic heterocycles. The van der Waals surface area contributed by atoms with E-state index in [0.29, 0.717) is 18.2 Å². The van der Waals surface area contributed by atoms with E-state index in [-0.39, 0.29) is 5.91 Å². The zero-order chi connectivity index (χ0) is 19.2. The van der Waals surface area contributed by atoms with Crippen molar-refractivity contribution >= 4 is 11.9 Å². The van der Waals surface area contributed by atoms with Gasteiger partial charge in [0.1, 0.15) is 0 Å². The van der Waals surface area contributed by atoms with E-state index in [9.17, 15) is 4.79 Å². The molecule has 0 radical (unpaired) electrons. The molecule has 3 rings (SSSR count). The molecule has 1 aliphatic heterocycles. The van der Waals surface area contributed by atoms with Gasteiger partial charge in [0.15, 0.2) is 5.96 Å². The maximum atomic E-state index is 12.0. The van der Waals surface area contributed by atoms with E-state index in [1.54, 1.807) is 19.0 Å². The number of hydrogen-bond donors (Lipinski definition) is 2. The molecule has 1 amide bonds. The molecule has 1 aromatic rings. The summed E-state index contributed by atoms with van der Waals surface area (Å²) in [7, 11) is 5.35. The van der Waals surface area contributed by atoms with Crippen molar-refractivity contribution in [2.75, 3.05) is 34.2 Å². The fourth-order valence-corrected chi connectivity index (χ4v) is 4.10. The second-order valence-corrected chi connectivity index (χ2v) is 7.89. The van der Waals surface area contributed by atoms with E-state index in [0.717, 1.165) is 24.1 Å². The predicted molar refractivity (Wildman–Crippen MR) is 110 cm³/mol. The Kier molecular flexibility index (Phi) is 6.72. The van der Waals surface area contributed by atoms with Gasteiger partial charge in [-0.05, 0) is 37.0 Å². The first-order valence-electron chi connectivity index (χ1n) is 10.1. The van der Waals surface area contributed by atoms with Crippen LogP contribution in [0.4, 0.5) is 0 Å². The first-order valence-corrected chi connectivity index (χ1v) is 10.1. The van der Waals surface area contributed by atoms with Crippen molar-refractivity contribution in [1.29, 1.82) is 0 Å². The molecule has 2 N–H and O–H groups in total. The van der Waals surface area contributed by atoms with Crippen LogP contribution in [0.5, 0.6) is 0 Å². The second-order valence-electron chi connectivity index (χ2n) is 7.89. The molecule has 2 aliphatic rings. The molecular weight excluding hydrogens is 338 g/mol. The molecule has 1 saturated heterocycles. The van der Waals surface area contributed by atoms with Crippen LogP contribution in [-0.2, 0) is 6.54 Å². The Labute approximate surface area is 163 Å². The number of carbonyl (C=O) groups excluding carboxylic acids is 1. The Morgan fingerprint density at radius 3 is 2.52 bits per heavy atom. The molecule has 1 unspecified atom stereocenters. The number of carbonyl (C=O) groups is 1. The Morgan fingerprint density at radius 2 is 1.89 bits per heavy atom. The van der Waals surface area contributed by atoms with E-state index < -0.39 is 0 Å². The largest absolute Gasteiger partial charge is 0.352 e. The van der Waals surface area contributed by atoms with E-state index in [1.807, 2.05) is 31.3 Å². The predicted octanol–water partition coefficient (Wildman–Crippen LogP) is 2.07. The fourth-order valence-electron chi connectivity index (χ4n) is 4.10. The molecule has 1 heterocycles. The summed E-state index contributed by atoms with van der Waals surface area (Å²) in [4.78, 5) is 20.6. The lowest BCUT2D eigenvalue weighted by Crippen LogP contribution is -2.45. The number of likely N-dealkylation sites (tertiary alicyclic amines) is 1. The summed E-state index contributed by atoms with van der Waals surface area (Å²) in [6.45, 7) is 3.00. The summed E-state index contributed by atoms with van der Waals surface area (Å²) in [6.07, 6.45) is 6.69. The van der Waals surface area contributed by atoms with Gasteiger partial charge < -0.3 is 15.5 Å². The van der Waals surface area contributed by atoms with Crippen molar-refractivity contribution in [2.24, 2.45) is 4.99 Å². The number of aliphatic imine (C=N–C) groups is 1. The van der Waals surface area contributed by atoms with Crippen LogP contribution in [0, 0.1) is 0 Å². The van der Waals surface area contributed by atoms with Crippen LogP contribution >= 0.6 is 0 Å². The maximum Gasteiger partial charge on any atom is 0.253 e. The molecule has 6 heteroatoms. The molecule has 27 heavy (non-hydrogen) atoms. The number of rotatable bonds is 5. The lowest BCUT2D eigenvalue weighted by molar-refractivity contribution is 0.0827. The zero-order valence-electron chi connectivity index (χ0n) is 16.9. The lowest BCUT2D eigenvalue weighted by atomic mass is 10.1. The topological polar surface area (TPSA) is 60.0 Å². The smallest absolute Gasteiger partial charge is 0.253 e. The normalized spacial score (nSPS) is 21.4. The van der Waals surface area contributed by atoms with Crippen LogP contribution in [-0.4, -0.2) is 68.0 Å². The Bertz CT molecular complexity index is 649. The first kappa shape index (κ1) is 19.7. The van der Waals surface area contributed by atoms with Gasteiger partial charge in [0.05, 0.1) is 0 Å². The van der Waals surface area contributed by atoms with Gasteiger partial charge in [-0.1, -0.05) is 25.0 Å². The van der Waals surface area contributed by atoms with Gasteiger partial charge in [0.2, 0.25) is 0 Å². The highest BCUT2D eigenvalue weighted by Gasteiger charge is 2.30. The van der Waals surface area contributed by atoms with Crippen molar-refractivity contribution in [3.63, 3.8) is 0 Å². The number of nitrogens with one attached hydrogen (secondary N) is 2. The average Bonchev–Trinajstić information content (AvgIpc) is 3.36. The maximum absolute atomic E-state index is 12.0. The molecule has 0 bridgehead atoms. The van der Waals surface area contributed by atoms with E-state index in [2.05, 4.69) is 20.5 Å². The Balaban J connectivity index is 1.46. The standard InChI is InChI=1S/C21H33N5O/c1-22-21(24-18-12-13-26(15-18)19-6-4-5-7-19)23-14-16-8-10-17(11-9-16)20(27)25(2)3/h8-11,18-19H,4-7,12-15H2,1-3H3,(H2,22,23,24). The molecule has 1 atom stereocenters. The fraction of sp³-hybridized carbons (Fsp3) is 0.619. The SMILES string of the molecule is CN=C(NCc1ccc(C(=O)N(C)C)cc1)NC1CCN(C2CCCC2)C1. The summed E-state index contributed by atoms with van der Waals surface area (Å²) < 4.78 is 0. The summed E-state index contributed by atoms with van der Waals surface area (Å²) in [5.74, 6) is 0.877. The minimum Gasteiger partial charge on any atom is -0.352 e. The van der Waals surface area contributed by atoms with Crippen LogP contribution in [0.2, 0.25) is 0 Å². The van der Waals surface area contributed by atoms with Crippen molar-refractivity contribution in [1.82, 2.24) is 20.4 Å². The van der Waals surface area contributed by atoms with Gasteiger partial charge in [0, 0.05) is 58.4 Å². The highest BCUT2D eigenvalue weighted by Crippen LogP contribution is 2.26. The molecule has 6 nitrogen and oxygen atoms in total. The van der Waals surface area contributed by atoms with E-state index in [4.69, 9.17) is 0 Å². The van der Waals surface area contributed by atoms with Crippen LogP contribution in [0.15, 0.2) is 29.3 Å². The third-order valence-electron chi connectivity index (χ3n) is 5.69. The molecular formula is C21H33N5O. The van der Waals surface area contributed by atoms with Gasteiger partial charge in [0.25, 0.3) is 5.91 Å². The summed E-state index contributed by atoms with van der Waals surface area (Å²) in [5.41, 5.74) is 1.84. The minimum atomic E-state index is 0.0278. The third-order valence-corrected chi connectivity index (χ3v) is 5.69. The number of guanidine groups is 1. The molecule has 1 aromatic carbocycles. The molecule has 148 valence electrons. The molecule has 0 spiro atoms. The monoisotopic (exact) mass is 371 g/mol. The molecule has 1 saturated carbocycles. The lowest BCUT2D eigenvalue weighted by Gasteiger charge is -2.24. The van der Waals surface area contributed by atoms with E-state index >= 15 is 0 Å². The van der Waals surface area contributed by atoms with Gasteiger partial charge in [-0.3, -0.25) is 14.7 Å². The number of amides is 1. The minimum absolute atomic E-state index is 0.0278. The number of nitrogens with zero attached hydrogens (tertiary/aromatic N) is 3. The zero-order valence-corrected chi connectivity index (χ0v) is 16.9. The van der Waals surface area contributed by atoms with Crippen LogP contribution in [0.3, 0.4) is 0 Å². The Hall–Kier alpha value is -2.08. The summed E-state index contributed by atoms with van der Waals surface area (Å²) in [5, 5.41) is 6.96. The average molecular weight is 372 g/mol. The van der Waals surface area contributed by atoms with Gasteiger partial charge in [-0.25, -0.2) is 0 Å². The molecule has 1 aliphatic carbocycles. The quantitative estimate of drug-likeness (QED) is 0.615. The van der Waals surface area contributed by atoms with Gasteiger partial charge in [-0.2, -0.15) is 0 Å². The Morgan fingerprint density at radius 1 is 1.19 bits per heavy atom. The number of benzene rings is 1. The van der Waals surface area contributed by atoms with E-state index in [1.165, 1.54) is 38.6 Å². The highest BCUT2D eigenvalue weighted by atomic mass is 16.2. The third kappa shape index (κ3) is 5.22. The van der Waals surface area contributed by atoms with Crippen molar-refractivity contribution in [3.8, 4) is 0 Å². The van der Waals surface area contributed by atoms with Crippen LogP contribution in [0.1, 0.15) is 48.0 Å². The van der Waals surface area contributed by atoms with Crippen molar-refractivity contribution in [3.05, 3.63) is 35.4 Å². The van der Waals surface area contributed by atoms with Crippen molar-refractivity contribution in [2.45, 2.75) is 50.7 Å². The van der Waals surface area contributed by atoms with Crippen molar-refractivity contribution < 1.29 is 4.79 Å². The summed E-state index contributed by atoms with van der Waals surface area (Å²) >= 11 is 0. The highest BCUT2D eigenvalue weighted by molar-refractivity contribution is 5.93. The molecule has 2 fully saturated rings. The summed E-state index contributed by atoms with van der Waals surface area (Å²) in [6, 6.07) is 9.02. The first-order chi connectivity index (χ1) is 13.1. The second kappa shape index (κ2) is 9.22. The van der Waals surface area contributed by atoms with Crippen LogP contribution < -0.4 is 10.6 Å². The van der Waals surface area contributed by atoms with Gasteiger partial charge >= 0.3 is 0 Å². The van der Waals surface area contributed by atoms with Crippen LogP contribution in [0.25, 0.3) is 0 Å².